The maximum atomic E-state index is 3.34. The lowest BCUT2D eigenvalue weighted by atomic mass is 9.95. The van der Waals surface area contributed by atoms with Crippen molar-refractivity contribution < 1.29 is 0 Å². The molecule has 1 fully saturated rings. The number of thiophene rings is 1. The van der Waals surface area contributed by atoms with E-state index in [1.54, 1.807) is 0 Å². The lowest BCUT2D eigenvalue weighted by Gasteiger charge is -2.31. The SMILES string of the molecule is CNCC1CCN(C(C)C)C1c1ccsc1. The van der Waals surface area contributed by atoms with Crippen LogP contribution >= 0.6 is 11.3 Å². The second-order valence-electron chi connectivity index (χ2n) is 4.94. The van der Waals surface area contributed by atoms with Crippen molar-refractivity contribution in [3.63, 3.8) is 0 Å². The number of hydrogen-bond donors (Lipinski definition) is 1. The van der Waals surface area contributed by atoms with Gasteiger partial charge in [0.1, 0.15) is 0 Å². The van der Waals surface area contributed by atoms with E-state index in [1.807, 2.05) is 11.3 Å². The van der Waals surface area contributed by atoms with Gasteiger partial charge in [0.05, 0.1) is 0 Å². The summed E-state index contributed by atoms with van der Waals surface area (Å²) in [6, 6.07) is 3.56. The summed E-state index contributed by atoms with van der Waals surface area (Å²) in [5.41, 5.74) is 1.51. The third kappa shape index (κ3) is 2.31. The van der Waals surface area contributed by atoms with Crippen LogP contribution in [0.3, 0.4) is 0 Å². The highest BCUT2D eigenvalue weighted by Gasteiger charge is 2.35. The summed E-state index contributed by atoms with van der Waals surface area (Å²) >= 11 is 1.81. The van der Waals surface area contributed by atoms with Gasteiger partial charge in [0, 0.05) is 12.1 Å². The summed E-state index contributed by atoms with van der Waals surface area (Å²) in [5, 5.41) is 7.85. The average Bonchev–Trinajstić information content (AvgIpc) is 2.84. The first-order valence-corrected chi connectivity index (χ1v) is 7.10. The van der Waals surface area contributed by atoms with Gasteiger partial charge in [0.2, 0.25) is 0 Å². The third-order valence-electron chi connectivity index (χ3n) is 3.58. The Morgan fingerprint density at radius 2 is 2.38 bits per heavy atom. The molecule has 1 aliphatic heterocycles. The highest BCUT2D eigenvalue weighted by Crippen LogP contribution is 2.38. The fourth-order valence-electron chi connectivity index (χ4n) is 2.84. The smallest absolute Gasteiger partial charge is 0.0399 e. The van der Waals surface area contributed by atoms with Gasteiger partial charge in [-0.05, 0) is 68.7 Å². The fourth-order valence-corrected chi connectivity index (χ4v) is 3.53. The summed E-state index contributed by atoms with van der Waals surface area (Å²) in [6.07, 6.45) is 1.32. The molecule has 0 bridgehead atoms. The number of nitrogens with zero attached hydrogens (tertiary/aromatic N) is 1. The molecule has 1 aromatic heterocycles. The van der Waals surface area contributed by atoms with Crippen LogP contribution in [0.1, 0.15) is 31.9 Å². The van der Waals surface area contributed by atoms with Crippen LogP contribution in [0, 0.1) is 5.92 Å². The molecule has 3 heteroatoms. The van der Waals surface area contributed by atoms with Crippen molar-refractivity contribution >= 4 is 11.3 Å². The highest BCUT2D eigenvalue weighted by atomic mass is 32.1. The zero-order chi connectivity index (χ0) is 11.5. The molecule has 1 N–H and O–H groups in total. The Kier molecular flexibility index (Phi) is 4.00. The predicted octanol–water partition coefficient (Wildman–Crippen LogP) is 2.74. The second-order valence-corrected chi connectivity index (χ2v) is 5.72. The van der Waals surface area contributed by atoms with Gasteiger partial charge >= 0.3 is 0 Å². The van der Waals surface area contributed by atoms with Gasteiger partial charge < -0.3 is 5.32 Å². The van der Waals surface area contributed by atoms with Crippen LogP contribution in [-0.4, -0.2) is 31.1 Å². The molecule has 0 saturated carbocycles. The van der Waals surface area contributed by atoms with Crippen molar-refractivity contribution in [3.05, 3.63) is 22.4 Å². The van der Waals surface area contributed by atoms with E-state index in [2.05, 4.69) is 47.9 Å². The molecule has 2 nitrogen and oxygen atoms in total. The van der Waals surface area contributed by atoms with Gasteiger partial charge in [0.25, 0.3) is 0 Å². The molecular weight excluding hydrogens is 216 g/mol. The molecule has 0 radical (unpaired) electrons. The molecule has 0 amide bonds. The number of likely N-dealkylation sites (tertiary alicyclic amines) is 1. The molecule has 2 rings (SSSR count). The molecule has 1 aliphatic rings. The summed E-state index contributed by atoms with van der Waals surface area (Å²) in [7, 11) is 2.06. The highest BCUT2D eigenvalue weighted by molar-refractivity contribution is 7.07. The first kappa shape index (κ1) is 12.1. The second kappa shape index (κ2) is 5.30. The van der Waals surface area contributed by atoms with E-state index >= 15 is 0 Å². The molecule has 0 aliphatic carbocycles. The van der Waals surface area contributed by atoms with E-state index in [1.165, 1.54) is 18.5 Å². The quantitative estimate of drug-likeness (QED) is 0.867. The first-order chi connectivity index (χ1) is 7.74. The van der Waals surface area contributed by atoms with E-state index in [4.69, 9.17) is 0 Å². The summed E-state index contributed by atoms with van der Waals surface area (Å²) in [5.74, 6) is 0.766. The summed E-state index contributed by atoms with van der Waals surface area (Å²) in [6.45, 7) is 6.98. The van der Waals surface area contributed by atoms with Gasteiger partial charge in [0.15, 0.2) is 0 Å². The standard InChI is InChI=1S/C13H22N2S/c1-10(2)15-6-4-11(8-14-3)13(15)12-5-7-16-9-12/h5,7,9-11,13-14H,4,6,8H2,1-3H3. The third-order valence-corrected chi connectivity index (χ3v) is 4.28. The molecule has 0 spiro atoms. The Morgan fingerprint density at radius 3 is 2.94 bits per heavy atom. The molecule has 0 aromatic carbocycles. The van der Waals surface area contributed by atoms with Crippen LogP contribution in [0.2, 0.25) is 0 Å². The molecule has 2 atom stereocenters. The van der Waals surface area contributed by atoms with Crippen molar-refractivity contribution in [2.45, 2.75) is 32.4 Å². The Hall–Kier alpha value is -0.380. The van der Waals surface area contributed by atoms with Gasteiger partial charge in [-0.15, -0.1) is 0 Å². The van der Waals surface area contributed by atoms with Gasteiger partial charge in [-0.1, -0.05) is 0 Å². The van der Waals surface area contributed by atoms with E-state index in [9.17, 15) is 0 Å². The van der Waals surface area contributed by atoms with Crippen molar-refractivity contribution in [3.8, 4) is 0 Å². The molecule has 2 heterocycles. The average molecular weight is 238 g/mol. The molecule has 1 aromatic rings. The van der Waals surface area contributed by atoms with Gasteiger partial charge in [-0.2, -0.15) is 11.3 Å². The van der Waals surface area contributed by atoms with Crippen LogP contribution in [-0.2, 0) is 0 Å². The lowest BCUT2D eigenvalue weighted by molar-refractivity contribution is 0.183. The van der Waals surface area contributed by atoms with E-state index in [-0.39, 0.29) is 0 Å². The fraction of sp³-hybridized carbons (Fsp3) is 0.692. The van der Waals surface area contributed by atoms with Crippen LogP contribution in [0.25, 0.3) is 0 Å². The normalized spacial score (nSPS) is 26.8. The van der Waals surface area contributed by atoms with Gasteiger partial charge in [-0.3, -0.25) is 4.90 Å². The number of hydrogen-bond acceptors (Lipinski definition) is 3. The molecule has 2 unspecified atom stereocenters. The van der Waals surface area contributed by atoms with E-state index in [0.29, 0.717) is 12.1 Å². The maximum absolute atomic E-state index is 3.34. The Morgan fingerprint density at radius 1 is 1.56 bits per heavy atom. The van der Waals surface area contributed by atoms with E-state index < -0.39 is 0 Å². The van der Waals surface area contributed by atoms with Crippen molar-refractivity contribution in [1.82, 2.24) is 10.2 Å². The molecule has 1 saturated heterocycles. The van der Waals surface area contributed by atoms with Crippen molar-refractivity contribution in [2.75, 3.05) is 20.1 Å². The Labute approximate surface area is 103 Å². The molecule has 90 valence electrons. The topological polar surface area (TPSA) is 15.3 Å². The largest absolute Gasteiger partial charge is 0.319 e. The summed E-state index contributed by atoms with van der Waals surface area (Å²) in [4.78, 5) is 2.64. The predicted molar refractivity (Wildman–Crippen MR) is 70.9 cm³/mol. The zero-order valence-corrected chi connectivity index (χ0v) is 11.3. The van der Waals surface area contributed by atoms with Crippen molar-refractivity contribution in [2.24, 2.45) is 5.92 Å². The molecular formula is C13H22N2S. The Bertz CT molecular complexity index is 308. The number of rotatable bonds is 4. The van der Waals surface area contributed by atoms with E-state index in [0.717, 1.165) is 12.5 Å². The van der Waals surface area contributed by atoms with Gasteiger partial charge in [-0.25, -0.2) is 0 Å². The summed E-state index contributed by atoms with van der Waals surface area (Å²) < 4.78 is 0. The minimum Gasteiger partial charge on any atom is -0.319 e. The molecule has 16 heavy (non-hydrogen) atoms. The minimum atomic E-state index is 0.624. The Balaban J connectivity index is 2.19. The van der Waals surface area contributed by atoms with Crippen LogP contribution in [0.15, 0.2) is 16.8 Å². The van der Waals surface area contributed by atoms with Crippen LogP contribution in [0.4, 0.5) is 0 Å². The minimum absolute atomic E-state index is 0.624. The number of nitrogens with one attached hydrogen (secondary N) is 1. The zero-order valence-electron chi connectivity index (χ0n) is 10.4. The lowest BCUT2D eigenvalue weighted by Crippen LogP contribution is -2.33. The van der Waals surface area contributed by atoms with Crippen LogP contribution in [0.5, 0.6) is 0 Å². The van der Waals surface area contributed by atoms with Crippen molar-refractivity contribution in [1.29, 1.82) is 0 Å². The monoisotopic (exact) mass is 238 g/mol. The van der Waals surface area contributed by atoms with Crippen LogP contribution < -0.4 is 5.32 Å². The maximum Gasteiger partial charge on any atom is 0.0399 e. The first-order valence-electron chi connectivity index (χ1n) is 6.16.